The lowest BCUT2D eigenvalue weighted by Crippen LogP contribution is -2.39. The van der Waals surface area contributed by atoms with Gasteiger partial charge in [0.1, 0.15) is 0 Å². The molecule has 116 valence electrons. The van der Waals surface area contributed by atoms with Crippen LogP contribution >= 0.6 is 0 Å². The van der Waals surface area contributed by atoms with Crippen LogP contribution in [0.3, 0.4) is 0 Å². The van der Waals surface area contributed by atoms with Crippen LogP contribution in [0, 0.1) is 0 Å². The third-order valence-corrected chi connectivity index (χ3v) is 4.05. The molecule has 2 aromatic heterocycles. The Balaban J connectivity index is 1.60. The molecule has 1 fully saturated rings. The molecule has 3 heterocycles. The smallest absolute Gasteiger partial charge is 0.342 e. The number of H-pyrrole nitrogens is 1. The van der Waals surface area contributed by atoms with Crippen LogP contribution in [0.25, 0.3) is 0 Å². The molecule has 1 saturated heterocycles. The first-order valence-electron chi connectivity index (χ1n) is 7.51. The average molecular weight is 301 g/mol. The van der Waals surface area contributed by atoms with Gasteiger partial charge in [-0.3, -0.25) is 4.79 Å². The molecule has 0 aliphatic carbocycles. The van der Waals surface area contributed by atoms with Crippen LogP contribution < -0.4 is 5.69 Å². The third-order valence-electron chi connectivity index (χ3n) is 4.05. The van der Waals surface area contributed by atoms with Gasteiger partial charge in [-0.25, -0.2) is 14.8 Å². The van der Waals surface area contributed by atoms with Gasteiger partial charge in [0, 0.05) is 56.3 Å². The molecule has 1 N–H and O–H groups in total. The average Bonchev–Trinajstić information content (AvgIpc) is 3.06. The molecule has 1 amide bonds. The molecule has 0 aromatic carbocycles. The molecule has 2 aromatic rings. The summed E-state index contributed by atoms with van der Waals surface area (Å²) in [5, 5.41) is 0. The number of amides is 1. The third kappa shape index (κ3) is 3.41. The lowest BCUT2D eigenvalue weighted by Gasteiger charge is -2.32. The van der Waals surface area contributed by atoms with Gasteiger partial charge in [0.15, 0.2) is 0 Å². The summed E-state index contributed by atoms with van der Waals surface area (Å²) in [4.78, 5) is 36.0. The van der Waals surface area contributed by atoms with Crippen molar-refractivity contribution in [1.29, 1.82) is 0 Å². The second kappa shape index (κ2) is 6.55. The van der Waals surface area contributed by atoms with Crippen LogP contribution in [0.4, 0.5) is 0 Å². The number of aromatic amines is 1. The second-order valence-electron chi connectivity index (χ2n) is 5.56. The monoisotopic (exact) mass is 301 g/mol. The Morgan fingerprint density at radius 2 is 2.32 bits per heavy atom. The molecule has 0 radical (unpaired) electrons. The van der Waals surface area contributed by atoms with Crippen molar-refractivity contribution in [1.82, 2.24) is 24.4 Å². The van der Waals surface area contributed by atoms with Crippen LogP contribution in [0.15, 0.2) is 35.8 Å². The predicted octanol–water partition coefficient (Wildman–Crippen LogP) is 0.763. The molecule has 3 rings (SSSR count). The molecule has 1 atom stereocenters. The zero-order valence-corrected chi connectivity index (χ0v) is 12.3. The molecule has 7 nitrogen and oxygen atoms in total. The van der Waals surface area contributed by atoms with E-state index in [0.29, 0.717) is 19.5 Å². The molecule has 22 heavy (non-hydrogen) atoms. The van der Waals surface area contributed by atoms with Crippen molar-refractivity contribution in [3.8, 4) is 0 Å². The highest BCUT2D eigenvalue weighted by Crippen LogP contribution is 2.25. The van der Waals surface area contributed by atoms with Crippen molar-refractivity contribution in [2.75, 3.05) is 13.1 Å². The van der Waals surface area contributed by atoms with E-state index >= 15 is 0 Å². The number of nitrogens with one attached hydrogen (secondary N) is 1. The van der Waals surface area contributed by atoms with Gasteiger partial charge in [-0.15, -0.1) is 0 Å². The summed E-state index contributed by atoms with van der Waals surface area (Å²) in [7, 11) is 0. The fourth-order valence-electron chi connectivity index (χ4n) is 2.88. The summed E-state index contributed by atoms with van der Waals surface area (Å²) in [5.74, 6) is 0.330. The minimum atomic E-state index is -0.332. The van der Waals surface area contributed by atoms with Gasteiger partial charge in [0.2, 0.25) is 5.91 Å². The quantitative estimate of drug-likeness (QED) is 0.903. The van der Waals surface area contributed by atoms with E-state index in [9.17, 15) is 9.59 Å². The topological polar surface area (TPSA) is 83.9 Å². The van der Waals surface area contributed by atoms with Crippen LogP contribution in [-0.2, 0) is 11.3 Å². The zero-order chi connectivity index (χ0) is 15.4. The van der Waals surface area contributed by atoms with Crippen molar-refractivity contribution in [2.24, 2.45) is 0 Å². The Morgan fingerprint density at radius 3 is 3.09 bits per heavy atom. The van der Waals surface area contributed by atoms with E-state index in [1.54, 1.807) is 12.5 Å². The molecule has 0 saturated carbocycles. The molecule has 1 aliphatic heterocycles. The first kappa shape index (κ1) is 14.5. The highest BCUT2D eigenvalue weighted by Gasteiger charge is 2.25. The Hall–Kier alpha value is -2.44. The van der Waals surface area contributed by atoms with E-state index in [1.165, 1.54) is 6.20 Å². The number of carbonyl (C=O) groups is 1. The summed E-state index contributed by atoms with van der Waals surface area (Å²) >= 11 is 0. The van der Waals surface area contributed by atoms with E-state index < -0.39 is 0 Å². The number of rotatable bonds is 4. The molecule has 0 unspecified atom stereocenters. The maximum Gasteiger partial charge on any atom is 0.345 e. The molecule has 7 heteroatoms. The summed E-state index contributed by atoms with van der Waals surface area (Å²) in [6.45, 7) is 2.09. The molecule has 0 bridgehead atoms. The van der Waals surface area contributed by atoms with Gasteiger partial charge < -0.3 is 14.5 Å². The van der Waals surface area contributed by atoms with E-state index in [4.69, 9.17) is 0 Å². The minimum absolute atomic E-state index is 0.148. The lowest BCUT2D eigenvalue weighted by atomic mass is 9.94. The fourth-order valence-corrected chi connectivity index (χ4v) is 2.88. The van der Waals surface area contributed by atoms with Crippen molar-refractivity contribution < 1.29 is 4.79 Å². The van der Waals surface area contributed by atoms with Crippen LogP contribution in [0.1, 0.15) is 30.9 Å². The second-order valence-corrected chi connectivity index (χ2v) is 5.56. The predicted molar refractivity (Wildman–Crippen MR) is 80.3 cm³/mol. The number of hydrogen-bond acceptors (Lipinski definition) is 4. The minimum Gasteiger partial charge on any atom is -0.342 e. The Kier molecular flexibility index (Phi) is 4.32. The first-order valence-corrected chi connectivity index (χ1v) is 7.51. The first-order chi connectivity index (χ1) is 10.7. The lowest BCUT2D eigenvalue weighted by molar-refractivity contribution is -0.132. The standard InChI is InChI=1S/C15H19N5O2/c21-14(4-8-19-9-6-16-11-19)20-7-1-2-12(10-20)13-3-5-17-15(22)18-13/h3,5-6,9,11-12H,1-2,4,7-8,10H2,(H,17,18,22)/t12-/m0/s1. The fraction of sp³-hybridized carbons (Fsp3) is 0.467. The number of likely N-dealkylation sites (tertiary alicyclic amines) is 1. The summed E-state index contributed by atoms with van der Waals surface area (Å²) in [6, 6.07) is 1.82. The van der Waals surface area contributed by atoms with Gasteiger partial charge in [0.25, 0.3) is 0 Å². The molecular formula is C15H19N5O2. The van der Waals surface area contributed by atoms with E-state index in [-0.39, 0.29) is 17.5 Å². The summed E-state index contributed by atoms with van der Waals surface area (Å²) < 4.78 is 1.90. The highest BCUT2D eigenvalue weighted by atomic mass is 16.2. The Bertz CT molecular complexity index is 679. The summed E-state index contributed by atoms with van der Waals surface area (Å²) in [5.41, 5.74) is 0.535. The summed E-state index contributed by atoms with van der Waals surface area (Å²) in [6.07, 6.45) is 9.20. The molecule has 1 aliphatic rings. The van der Waals surface area contributed by atoms with Gasteiger partial charge in [-0.05, 0) is 18.9 Å². The zero-order valence-electron chi connectivity index (χ0n) is 12.3. The van der Waals surface area contributed by atoms with Crippen molar-refractivity contribution in [3.63, 3.8) is 0 Å². The number of nitrogens with zero attached hydrogens (tertiary/aromatic N) is 4. The normalized spacial score (nSPS) is 18.4. The molecular weight excluding hydrogens is 282 g/mol. The van der Waals surface area contributed by atoms with Crippen molar-refractivity contribution in [3.05, 3.63) is 47.2 Å². The van der Waals surface area contributed by atoms with Gasteiger partial charge in [0.05, 0.1) is 6.33 Å². The largest absolute Gasteiger partial charge is 0.345 e. The van der Waals surface area contributed by atoms with Crippen LogP contribution in [-0.4, -0.2) is 43.4 Å². The van der Waals surface area contributed by atoms with Crippen molar-refractivity contribution in [2.45, 2.75) is 31.7 Å². The van der Waals surface area contributed by atoms with E-state index in [1.807, 2.05) is 21.7 Å². The van der Waals surface area contributed by atoms with E-state index in [0.717, 1.165) is 25.1 Å². The number of carbonyl (C=O) groups excluding carboxylic acids is 1. The van der Waals surface area contributed by atoms with E-state index in [2.05, 4.69) is 15.0 Å². The maximum absolute atomic E-state index is 12.3. The number of imidazole rings is 1. The van der Waals surface area contributed by atoms with Crippen molar-refractivity contribution >= 4 is 5.91 Å². The maximum atomic E-state index is 12.3. The number of aromatic nitrogens is 4. The number of piperidine rings is 1. The Labute approximate surface area is 128 Å². The molecule has 0 spiro atoms. The SMILES string of the molecule is O=C(CCn1ccnc1)N1CCC[C@H](c2ccnc(=O)[nH]2)C1. The Morgan fingerprint density at radius 1 is 1.41 bits per heavy atom. The number of aryl methyl sites for hydroxylation is 1. The van der Waals surface area contributed by atoms with Crippen LogP contribution in [0.5, 0.6) is 0 Å². The highest BCUT2D eigenvalue weighted by molar-refractivity contribution is 5.76. The van der Waals surface area contributed by atoms with Gasteiger partial charge in [-0.2, -0.15) is 0 Å². The van der Waals surface area contributed by atoms with Gasteiger partial charge in [-0.1, -0.05) is 0 Å². The van der Waals surface area contributed by atoms with Crippen LogP contribution in [0.2, 0.25) is 0 Å². The number of hydrogen-bond donors (Lipinski definition) is 1. The van der Waals surface area contributed by atoms with Gasteiger partial charge >= 0.3 is 5.69 Å².